The molecular weight excluding hydrogens is 170 g/mol. The van der Waals surface area contributed by atoms with E-state index in [4.69, 9.17) is 11.6 Å². The fourth-order valence-electron chi connectivity index (χ4n) is 0.693. The maximum absolute atomic E-state index is 6.00. The van der Waals surface area contributed by atoms with Crippen molar-refractivity contribution in [1.29, 1.82) is 0 Å². The van der Waals surface area contributed by atoms with Crippen molar-refractivity contribution in [2.45, 2.75) is 27.7 Å². The summed E-state index contributed by atoms with van der Waals surface area (Å²) in [5.41, 5.74) is 1.05. The Balaban J connectivity index is 4.59. The van der Waals surface area contributed by atoms with Crippen LogP contribution in [0.5, 0.6) is 0 Å². The molecule has 0 saturated heterocycles. The van der Waals surface area contributed by atoms with E-state index in [2.05, 4.69) is 32.5 Å². The Bertz CT molecular complexity index is 218. The lowest BCUT2D eigenvalue weighted by Crippen LogP contribution is -2.00. The molecule has 0 heterocycles. The Morgan fingerprint density at radius 1 is 1.42 bits per heavy atom. The molecule has 12 heavy (non-hydrogen) atoms. The minimum atomic E-state index is 0.105. The lowest BCUT2D eigenvalue weighted by atomic mass is 9.95. The highest BCUT2D eigenvalue weighted by atomic mass is 35.5. The Kier molecular flexibility index (Phi) is 4.25. The largest absolute Gasteiger partial charge is 0.272 e. The Labute approximate surface area is 79.8 Å². The zero-order valence-corrected chi connectivity index (χ0v) is 8.94. The zero-order chi connectivity index (χ0) is 9.78. The van der Waals surface area contributed by atoms with Crippen molar-refractivity contribution in [2.24, 2.45) is 10.4 Å². The lowest BCUT2D eigenvalue weighted by molar-refractivity contribution is 0.543. The third kappa shape index (κ3) is 5.14. The molecule has 0 rings (SSSR count). The van der Waals surface area contributed by atoms with Gasteiger partial charge >= 0.3 is 0 Å². The Morgan fingerprint density at radius 2 is 1.92 bits per heavy atom. The highest BCUT2D eigenvalue weighted by Crippen LogP contribution is 2.23. The topological polar surface area (TPSA) is 12.4 Å². The van der Waals surface area contributed by atoms with E-state index in [1.54, 1.807) is 6.20 Å². The predicted molar refractivity (Wildman–Crippen MR) is 56.7 cm³/mol. The summed E-state index contributed by atoms with van der Waals surface area (Å²) in [7, 11) is 0. The minimum Gasteiger partial charge on any atom is -0.272 e. The van der Waals surface area contributed by atoms with Gasteiger partial charge in [0, 0.05) is 11.2 Å². The van der Waals surface area contributed by atoms with Crippen LogP contribution in [0.4, 0.5) is 0 Å². The van der Waals surface area contributed by atoms with Crippen molar-refractivity contribution in [3.8, 4) is 0 Å². The normalized spacial score (nSPS) is 14.8. The summed E-state index contributed by atoms with van der Waals surface area (Å²) >= 11 is 6.00. The summed E-state index contributed by atoms with van der Waals surface area (Å²) in [6.07, 6.45) is 3.66. The van der Waals surface area contributed by atoms with Crippen LogP contribution in [0.15, 0.2) is 27.9 Å². The second-order valence-electron chi connectivity index (χ2n) is 3.85. The predicted octanol–water partition coefficient (Wildman–Crippen LogP) is 3.76. The fourth-order valence-corrected chi connectivity index (χ4v) is 1.07. The van der Waals surface area contributed by atoms with E-state index in [-0.39, 0.29) is 5.41 Å². The second-order valence-corrected chi connectivity index (χ2v) is 4.26. The smallest absolute Gasteiger partial charge is 0.0415 e. The summed E-state index contributed by atoms with van der Waals surface area (Å²) in [6, 6.07) is 0. The number of aliphatic imine (C=N–C) groups is 1. The standard InChI is InChI=1S/C10H16ClN/c1-8(7-12-5)9(11)6-10(2,3)4/h6-7H,5H2,1-4H3. The molecule has 0 spiro atoms. The van der Waals surface area contributed by atoms with Crippen LogP contribution in [-0.4, -0.2) is 6.72 Å². The first kappa shape index (κ1) is 11.4. The molecule has 0 atom stereocenters. The van der Waals surface area contributed by atoms with Crippen molar-refractivity contribution in [3.63, 3.8) is 0 Å². The molecular formula is C10H16ClN. The van der Waals surface area contributed by atoms with Gasteiger partial charge in [0.25, 0.3) is 0 Å². The maximum Gasteiger partial charge on any atom is 0.0415 e. The summed E-state index contributed by atoms with van der Waals surface area (Å²) in [6.45, 7) is 11.6. The molecule has 0 aromatic carbocycles. The lowest BCUT2D eigenvalue weighted by Gasteiger charge is -2.12. The van der Waals surface area contributed by atoms with Crippen LogP contribution in [-0.2, 0) is 0 Å². The van der Waals surface area contributed by atoms with Crippen LogP contribution in [0, 0.1) is 5.41 Å². The van der Waals surface area contributed by atoms with E-state index in [1.807, 2.05) is 13.0 Å². The molecule has 0 saturated carbocycles. The molecule has 0 radical (unpaired) electrons. The average Bonchev–Trinajstić information content (AvgIpc) is 1.84. The summed E-state index contributed by atoms with van der Waals surface area (Å²) in [4.78, 5) is 3.65. The van der Waals surface area contributed by atoms with Gasteiger partial charge in [-0.05, 0) is 24.6 Å². The quantitative estimate of drug-likeness (QED) is 0.459. The van der Waals surface area contributed by atoms with Crippen molar-refractivity contribution in [2.75, 3.05) is 0 Å². The van der Waals surface area contributed by atoms with Crippen molar-refractivity contribution >= 4 is 18.3 Å². The van der Waals surface area contributed by atoms with Gasteiger partial charge in [-0.3, -0.25) is 4.99 Å². The van der Waals surface area contributed by atoms with Gasteiger partial charge in [-0.25, -0.2) is 0 Å². The highest BCUT2D eigenvalue weighted by Gasteiger charge is 2.07. The molecule has 0 aromatic rings. The van der Waals surface area contributed by atoms with E-state index in [9.17, 15) is 0 Å². The number of rotatable bonds is 2. The van der Waals surface area contributed by atoms with Gasteiger partial charge in [-0.2, -0.15) is 0 Å². The molecule has 0 N–H and O–H groups in total. The fraction of sp³-hybridized carbons (Fsp3) is 0.500. The number of halogens is 1. The average molecular weight is 186 g/mol. The minimum absolute atomic E-state index is 0.105. The molecule has 0 aliphatic heterocycles. The summed E-state index contributed by atoms with van der Waals surface area (Å²) in [5.74, 6) is 0. The van der Waals surface area contributed by atoms with Crippen molar-refractivity contribution < 1.29 is 0 Å². The zero-order valence-electron chi connectivity index (χ0n) is 8.19. The van der Waals surface area contributed by atoms with Crippen LogP contribution in [0.2, 0.25) is 0 Å². The molecule has 1 nitrogen and oxygen atoms in total. The molecule has 0 aromatic heterocycles. The first-order valence-corrected chi connectivity index (χ1v) is 4.26. The van der Waals surface area contributed by atoms with Gasteiger partial charge in [0.15, 0.2) is 0 Å². The van der Waals surface area contributed by atoms with Gasteiger partial charge in [-0.1, -0.05) is 38.4 Å². The van der Waals surface area contributed by atoms with E-state index < -0.39 is 0 Å². The molecule has 0 aliphatic carbocycles. The second kappa shape index (κ2) is 4.46. The number of nitrogens with zero attached hydrogens (tertiary/aromatic N) is 1. The molecule has 2 heteroatoms. The molecule has 0 aliphatic rings. The van der Waals surface area contributed by atoms with Gasteiger partial charge in [0.1, 0.15) is 0 Å². The maximum atomic E-state index is 6.00. The van der Waals surface area contributed by atoms with E-state index >= 15 is 0 Å². The van der Waals surface area contributed by atoms with Crippen LogP contribution in [0.25, 0.3) is 0 Å². The van der Waals surface area contributed by atoms with Crippen molar-refractivity contribution in [3.05, 3.63) is 22.9 Å². The number of hydrogen-bond acceptors (Lipinski definition) is 1. The van der Waals surface area contributed by atoms with Gasteiger partial charge in [0.2, 0.25) is 0 Å². The van der Waals surface area contributed by atoms with E-state index in [0.29, 0.717) is 0 Å². The summed E-state index contributed by atoms with van der Waals surface area (Å²) in [5, 5.41) is 0.745. The van der Waals surface area contributed by atoms with Crippen molar-refractivity contribution in [1.82, 2.24) is 0 Å². The molecule has 0 amide bonds. The third-order valence-electron chi connectivity index (χ3n) is 1.22. The van der Waals surface area contributed by atoms with Gasteiger partial charge in [-0.15, -0.1) is 0 Å². The number of hydrogen-bond donors (Lipinski definition) is 0. The molecule has 0 unspecified atom stereocenters. The van der Waals surface area contributed by atoms with E-state index in [0.717, 1.165) is 10.6 Å². The number of allylic oxidation sites excluding steroid dienone is 3. The first-order valence-electron chi connectivity index (χ1n) is 3.88. The molecule has 68 valence electrons. The third-order valence-corrected chi connectivity index (χ3v) is 1.63. The van der Waals surface area contributed by atoms with Crippen LogP contribution >= 0.6 is 11.6 Å². The molecule has 0 bridgehead atoms. The van der Waals surface area contributed by atoms with Crippen LogP contribution in [0.3, 0.4) is 0 Å². The summed E-state index contributed by atoms with van der Waals surface area (Å²) < 4.78 is 0. The van der Waals surface area contributed by atoms with E-state index in [1.165, 1.54) is 0 Å². The van der Waals surface area contributed by atoms with Gasteiger partial charge < -0.3 is 0 Å². The highest BCUT2D eigenvalue weighted by molar-refractivity contribution is 6.31. The van der Waals surface area contributed by atoms with Gasteiger partial charge in [0.05, 0.1) is 0 Å². The Morgan fingerprint density at radius 3 is 2.25 bits per heavy atom. The van der Waals surface area contributed by atoms with Crippen LogP contribution in [0.1, 0.15) is 27.7 Å². The molecule has 0 fully saturated rings. The SMILES string of the molecule is C=NC=C(C)C(Cl)=CC(C)(C)C. The first-order chi connectivity index (χ1) is 5.37. The Hall–Kier alpha value is -0.560. The monoisotopic (exact) mass is 185 g/mol. The van der Waals surface area contributed by atoms with Crippen LogP contribution < -0.4 is 0 Å².